The van der Waals surface area contributed by atoms with Crippen LogP contribution in [0.5, 0.6) is 0 Å². The quantitative estimate of drug-likeness (QED) is 0.923. The summed E-state index contributed by atoms with van der Waals surface area (Å²) in [6, 6.07) is 7.94. The van der Waals surface area contributed by atoms with E-state index in [1.165, 1.54) is 16.9 Å². The molecule has 0 aliphatic heterocycles. The van der Waals surface area contributed by atoms with Crippen molar-refractivity contribution in [2.75, 3.05) is 0 Å². The number of hydrogen-bond donors (Lipinski definition) is 1. The molecule has 3 rings (SSSR count). The minimum atomic E-state index is -0.782. The van der Waals surface area contributed by atoms with Crippen LogP contribution in [0.3, 0.4) is 0 Å². The highest BCUT2D eigenvalue weighted by Crippen LogP contribution is 2.27. The fraction of sp³-hybridized carbons (Fsp3) is 0.438. The van der Waals surface area contributed by atoms with Crippen LogP contribution in [0.2, 0.25) is 0 Å². The first-order chi connectivity index (χ1) is 11.6. The number of hydrogen-bond acceptors (Lipinski definition) is 5. The molecule has 24 heavy (non-hydrogen) atoms. The highest BCUT2D eigenvalue weighted by Gasteiger charge is 2.33. The van der Waals surface area contributed by atoms with Gasteiger partial charge in [0.2, 0.25) is 11.7 Å². The molecule has 2 aromatic rings. The van der Waals surface area contributed by atoms with Crippen LogP contribution in [-0.2, 0) is 11.3 Å². The van der Waals surface area contributed by atoms with Crippen molar-refractivity contribution in [3.8, 4) is 17.5 Å². The topological polar surface area (TPSA) is 96.5 Å². The first kappa shape index (κ1) is 16.1. The standard InChI is InChI=1S/C16H17FN6O/c17-13-6-4-12(5-7-13)15-20-22-23(21-15)10-14(24)19-16(11-18)8-2-1-3-9-16/h4-7H,1-3,8-10H2,(H,19,24). The maximum atomic E-state index is 12.9. The number of aromatic nitrogens is 4. The number of carbonyl (C=O) groups is 1. The van der Waals surface area contributed by atoms with Gasteiger partial charge in [-0.1, -0.05) is 19.3 Å². The normalized spacial score (nSPS) is 16.3. The van der Waals surface area contributed by atoms with Crippen LogP contribution >= 0.6 is 0 Å². The van der Waals surface area contributed by atoms with Gasteiger partial charge in [-0.05, 0) is 42.3 Å². The van der Waals surface area contributed by atoms with E-state index in [9.17, 15) is 14.4 Å². The van der Waals surface area contributed by atoms with E-state index in [0.717, 1.165) is 19.3 Å². The number of benzene rings is 1. The number of amides is 1. The smallest absolute Gasteiger partial charge is 0.244 e. The Bertz CT molecular complexity index is 758. The largest absolute Gasteiger partial charge is 0.336 e. The first-order valence-corrected chi connectivity index (χ1v) is 7.86. The molecule has 1 aliphatic carbocycles. The highest BCUT2D eigenvalue weighted by molar-refractivity contribution is 5.77. The summed E-state index contributed by atoms with van der Waals surface area (Å²) in [5, 5.41) is 24.0. The van der Waals surface area contributed by atoms with Crippen LogP contribution < -0.4 is 5.32 Å². The number of nitriles is 1. The molecule has 0 atom stereocenters. The van der Waals surface area contributed by atoms with Gasteiger partial charge in [0, 0.05) is 5.56 Å². The predicted molar refractivity (Wildman–Crippen MR) is 82.8 cm³/mol. The molecular formula is C16H17FN6O. The van der Waals surface area contributed by atoms with Gasteiger partial charge in [0.05, 0.1) is 6.07 Å². The van der Waals surface area contributed by atoms with E-state index < -0.39 is 5.54 Å². The molecule has 8 heteroatoms. The predicted octanol–water partition coefficient (Wildman–Crippen LogP) is 1.82. The van der Waals surface area contributed by atoms with E-state index in [2.05, 4.69) is 26.8 Å². The zero-order chi connectivity index (χ0) is 17.0. The maximum absolute atomic E-state index is 12.9. The molecular weight excluding hydrogens is 311 g/mol. The number of halogens is 1. The van der Waals surface area contributed by atoms with Gasteiger partial charge in [0.1, 0.15) is 17.9 Å². The fourth-order valence-electron chi connectivity index (χ4n) is 2.88. The lowest BCUT2D eigenvalue weighted by Gasteiger charge is -2.31. The van der Waals surface area contributed by atoms with Crippen LogP contribution in [0.15, 0.2) is 24.3 Å². The van der Waals surface area contributed by atoms with Gasteiger partial charge in [0.15, 0.2) is 0 Å². The van der Waals surface area contributed by atoms with Crippen molar-refractivity contribution in [2.24, 2.45) is 0 Å². The Kier molecular flexibility index (Phi) is 4.51. The molecule has 0 radical (unpaired) electrons. The molecule has 1 aromatic carbocycles. The Morgan fingerprint density at radius 1 is 1.29 bits per heavy atom. The van der Waals surface area contributed by atoms with Crippen molar-refractivity contribution in [2.45, 2.75) is 44.2 Å². The Hall–Kier alpha value is -2.82. The molecule has 1 heterocycles. The monoisotopic (exact) mass is 328 g/mol. The van der Waals surface area contributed by atoms with Crippen LogP contribution in [0, 0.1) is 17.1 Å². The summed E-state index contributed by atoms with van der Waals surface area (Å²) in [7, 11) is 0. The highest BCUT2D eigenvalue weighted by atomic mass is 19.1. The zero-order valence-corrected chi connectivity index (χ0v) is 13.1. The van der Waals surface area contributed by atoms with Crippen LogP contribution in [0.25, 0.3) is 11.4 Å². The third-order valence-corrected chi connectivity index (χ3v) is 4.14. The van der Waals surface area contributed by atoms with Crippen molar-refractivity contribution >= 4 is 5.91 Å². The van der Waals surface area contributed by atoms with E-state index in [1.54, 1.807) is 12.1 Å². The average molecular weight is 328 g/mol. The molecule has 7 nitrogen and oxygen atoms in total. The molecule has 0 bridgehead atoms. The Labute approximate surface area is 138 Å². The summed E-state index contributed by atoms with van der Waals surface area (Å²) in [5.74, 6) is -0.350. The van der Waals surface area contributed by atoms with Crippen molar-refractivity contribution in [3.63, 3.8) is 0 Å². The second-order valence-corrected chi connectivity index (χ2v) is 5.95. The summed E-state index contributed by atoms with van der Waals surface area (Å²) >= 11 is 0. The zero-order valence-electron chi connectivity index (χ0n) is 13.1. The summed E-state index contributed by atoms with van der Waals surface area (Å²) in [4.78, 5) is 13.4. The van der Waals surface area contributed by atoms with Gasteiger partial charge in [-0.15, -0.1) is 10.2 Å². The van der Waals surface area contributed by atoms with Gasteiger partial charge in [-0.3, -0.25) is 4.79 Å². The lowest BCUT2D eigenvalue weighted by molar-refractivity contribution is -0.123. The van der Waals surface area contributed by atoms with Crippen molar-refractivity contribution in [1.29, 1.82) is 5.26 Å². The molecule has 124 valence electrons. The molecule has 0 saturated heterocycles. The molecule has 1 saturated carbocycles. The summed E-state index contributed by atoms with van der Waals surface area (Å²) < 4.78 is 12.9. The molecule has 1 aliphatic rings. The lowest BCUT2D eigenvalue weighted by Crippen LogP contribution is -2.49. The van der Waals surface area contributed by atoms with Crippen molar-refractivity contribution in [1.82, 2.24) is 25.5 Å². The number of rotatable bonds is 4. The van der Waals surface area contributed by atoms with E-state index in [1.807, 2.05) is 0 Å². The van der Waals surface area contributed by atoms with Gasteiger partial charge in [-0.2, -0.15) is 10.1 Å². The van der Waals surface area contributed by atoms with Gasteiger partial charge >= 0.3 is 0 Å². The Morgan fingerprint density at radius 2 is 2.00 bits per heavy atom. The molecule has 0 spiro atoms. The third kappa shape index (κ3) is 3.56. The van der Waals surface area contributed by atoms with E-state index in [-0.39, 0.29) is 18.3 Å². The minimum absolute atomic E-state index is 0.113. The molecule has 1 amide bonds. The minimum Gasteiger partial charge on any atom is -0.336 e. The molecule has 1 aromatic heterocycles. The second-order valence-electron chi connectivity index (χ2n) is 5.95. The molecule has 1 N–H and O–H groups in total. The van der Waals surface area contributed by atoms with E-state index in [4.69, 9.17) is 0 Å². The van der Waals surface area contributed by atoms with Crippen molar-refractivity contribution in [3.05, 3.63) is 30.1 Å². The SMILES string of the molecule is N#CC1(NC(=O)Cn2nnc(-c3ccc(F)cc3)n2)CCCCC1. The van der Waals surface area contributed by atoms with E-state index in [0.29, 0.717) is 24.2 Å². The maximum Gasteiger partial charge on any atom is 0.244 e. The van der Waals surface area contributed by atoms with E-state index >= 15 is 0 Å². The summed E-state index contributed by atoms with van der Waals surface area (Å²) in [6.45, 7) is -0.113. The van der Waals surface area contributed by atoms with Crippen LogP contribution in [-0.4, -0.2) is 31.7 Å². The van der Waals surface area contributed by atoms with Gasteiger partial charge < -0.3 is 5.32 Å². The second kappa shape index (κ2) is 6.74. The first-order valence-electron chi connectivity index (χ1n) is 7.86. The lowest BCUT2D eigenvalue weighted by atomic mass is 9.83. The summed E-state index contributed by atoms with van der Waals surface area (Å²) in [6.07, 6.45) is 4.29. The average Bonchev–Trinajstić information content (AvgIpc) is 3.04. The molecule has 1 fully saturated rings. The molecule has 0 unspecified atom stereocenters. The van der Waals surface area contributed by atoms with Crippen molar-refractivity contribution < 1.29 is 9.18 Å². The van der Waals surface area contributed by atoms with Gasteiger partial charge in [0.25, 0.3) is 0 Å². The van der Waals surface area contributed by atoms with Gasteiger partial charge in [-0.25, -0.2) is 4.39 Å². The number of nitrogens with one attached hydrogen (secondary N) is 1. The number of carbonyl (C=O) groups excluding carboxylic acids is 1. The number of nitrogens with zero attached hydrogens (tertiary/aromatic N) is 5. The third-order valence-electron chi connectivity index (χ3n) is 4.14. The Balaban J connectivity index is 1.65. The summed E-state index contributed by atoms with van der Waals surface area (Å²) in [5.41, 5.74) is -0.167. The van der Waals surface area contributed by atoms with Crippen LogP contribution in [0.1, 0.15) is 32.1 Å². The fourth-order valence-corrected chi connectivity index (χ4v) is 2.88. The Morgan fingerprint density at radius 3 is 2.67 bits per heavy atom. The van der Waals surface area contributed by atoms with Crippen LogP contribution in [0.4, 0.5) is 4.39 Å². The number of tetrazole rings is 1.